The van der Waals surface area contributed by atoms with E-state index in [-0.39, 0.29) is 16.8 Å². The molecule has 0 N–H and O–H groups in total. The zero-order chi connectivity index (χ0) is 22.9. The van der Waals surface area contributed by atoms with Gasteiger partial charge in [-0.2, -0.15) is 0 Å². The lowest BCUT2D eigenvalue weighted by Crippen LogP contribution is -2.29. The van der Waals surface area contributed by atoms with Gasteiger partial charge in [-0.25, -0.2) is 0 Å². The van der Waals surface area contributed by atoms with Crippen molar-refractivity contribution in [3.63, 3.8) is 0 Å². The molecule has 166 valence electrons. The highest BCUT2D eigenvalue weighted by Gasteiger charge is 2.45. The van der Waals surface area contributed by atoms with E-state index in [1.54, 1.807) is 48.5 Å². The Morgan fingerprint density at radius 1 is 1.18 bits per heavy atom. The summed E-state index contributed by atoms with van der Waals surface area (Å²) in [5.41, 5.74) is 2.55. The number of para-hydroxylation sites is 1. The summed E-state index contributed by atoms with van der Waals surface area (Å²) >= 11 is 1.20. The topological polar surface area (TPSA) is 94.8 Å². The number of fused-ring (bicyclic) bond motifs is 2. The molecule has 0 radical (unpaired) electrons. The van der Waals surface area contributed by atoms with Crippen LogP contribution in [0.15, 0.2) is 69.8 Å². The van der Waals surface area contributed by atoms with E-state index in [9.17, 15) is 9.59 Å². The highest BCUT2D eigenvalue weighted by Crippen LogP contribution is 2.43. The van der Waals surface area contributed by atoms with E-state index >= 15 is 0 Å². The molecule has 1 atom stereocenters. The molecule has 0 bridgehead atoms. The Labute approximate surface area is 192 Å². The summed E-state index contributed by atoms with van der Waals surface area (Å²) in [6, 6.07) is 11.5. The molecule has 0 unspecified atom stereocenters. The van der Waals surface area contributed by atoms with Crippen molar-refractivity contribution < 1.29 is 18.7 Å². The van der Waals surface area contributed by atoms with Crippen LogP contribution in [0.4, 0.5) is 5.13 Å². The molecule has 0 saturated heterocycles. The predicted molar refractivity (Wildman–Crippen MR) is 124 cm³/mol. The fraction of sp³-hybridized carbons (Fsp3) is 0.167. The van der Waals surface area contributed by atoms with Crippen molar-refractivity contribution in [2.75, 3.05) is 18.1 Å². The van der Waals surface area contributed by atoms with Gasteiger partial charge in [-0.05, 0) is 36.8 Å². The standard InChI is InChI=1S/C24H19N3O5S/c1-3-11-31-17-10-9-14(12-18(17)30-4-2)20-19-21(28)15-7-5-6-8-16(15)32-22(19)23(29)27(20)24-26-25-13-33-24/h3,5-10,12-13,20H,1,4,11H2,2H3/t20-/m1/s1. The van der Waals surface area contributed by atoms with Gasteiger partial charge in [0, 0.05) is 0 Å². The lowest BCUT2D eigenvalue weighted by Gasteiger charge is -2.23. The van der Waals surface area contributed by atoms with E-state index < -0.39 is 11.9 Å². The number of anilines is 1. The SMILES string of the molecule is C=CCOc1ccc([C@@H]2c3c(oc4ccccc4c3=O)C(=O)N2c2nncs2)cc1OCC. The maximum Gasteiger partial charge on any atom is 0.297 e. The monoisotopic (exact) mass is 461 g/mol. The molecule has 9 heteroatoms. The molecule has 4 aromatic rings. The second-order valence-corrected chi connectivity index (χ2v) is 8.02. The molecule has 2 aromatic heterocycles. The van der Waals surface area contributed by atoms with Crippen LogP contribution in [-0.2, 0) is 0 Å². The van der Waals surface area contributed by atoms with Gasteiger partial charge in [-0.15, -0.1) is 10.2 Å². The van der Waals surface area contributed by atoms with Crippen molar-refractivity contribution in [3.05, 3.63) is 87.7 Å². The van der Waals surface area contributed by atoms with Crippen LogP contribution in [-0.4, -0.2) is 29.3 Å². The van der Waals surface area contributed by atoms with E-state index in [0.717, 1.165) is 0 Å². The number of ether oxygens (including phenoxy) is 2. The van der Waals surface area contributed by atoms with Gasteiger partial charge < -0.3 is 13.9 Å². The average Bonchev–Trinajstić information content (AvgIpc) is 3.45. The molecule has 0 saturated carbocycles. The number of benzene rings is 2. The van der Waals surface area contributed by atoms with Crippen molar-refractivity contribution >= 4 is 33.3 Å². The Balaban J connectivity index is 1.74. The van der Waals surface area contributed by atoms with Crippen LogP contribution >= 0.6 is 11.3 Å². The third-order valence-corrected chi connectivity index (χ3v) is 5.96. The fourth-order valence-corrected chi connectivity index (χ4v) is 4.52. The molecule has 5 rings (SSSR count). The quantitative estimate of drug-likeness (QED) is 0.378. The molecule has 3 heterocycles. The van der Waals surface area contributed by atoms with E-state index in [2.05, 4.69) is 16.8 Å². The van der Waals surface area contributed by atoms with Crippen molar-refractivity contribution in [1.29, 1.82) is 0 Å². The number of carbonyl (C=O) groups excluding carboxylic acids is 1. The maximum absolute atomic E-state index is 13.5. The smallest absolute Gasteiger partial charge is 0.297 e. The normalized spacial score (nSPS) is 15.0. The van der Waals surface area contributed by atoms with Gasteiger partial charge in [0.1, 0.15) is 17.7 Å². The molecule has 8 nitrogen and oxygen atoms in total. The summed E-state index contributed by atoms with van der Waals surface area (Å²) < 4.78 is 17.4. The molecular formula is C24H19N3O5S. The molecule has 2 aromatic carbocycles. The number of aromatic nitrogens is 2. The highest BCUT2D eigenvalue weighted by atomic mass is 32.1. The van der Waals surface area contributed by atoms with E-state index in [1.807, 2.05) is 6.92 Å². The van der Waals surface area contributed by atoms with Gasteiger partial charge in [0.15, 0.2) is 16.9 Å². The number of rotatable bonds is 7. The number of hydrogen-bond acceptors (Lipinski definition) is 8. The van der Waals surface area contributed by atoms with Gasteiger partial charge >= 0.3 is 0 Å². The molecule has 1 aliphatic rings. The largest absolute Gasteiger partial charge is 0.490 e. The Hall–Kier alpha value is -3.98. The van der Waals surface area contributed by atoms with E-state index in [1.165, 1.54) is 21.7 Å². The van der Waals surface area contributed by atoms with E-state index in [0.29, 0.717) is 46.4 Å². The van der Waals surface area contributed by atoms with Crippen molar-refractivity contribution in [2.45, 2.75) is 13.0 Å². The average molecular weight is 461 g/mol. The van der Waals surface area contributed by atoms with E-state index in [4.69, 9.17) is 13.9 Å². The molecular weight excluding hydrogens is 442 g/mol. The molecule has 1 amide bonds. The van der Waals surface area contributed by atoms with Crippen LogP contribution in [0.5, 0.6) is 11.5 Å². The number of nitrogens with zero attached hydrogens (tertiary/aromatic N) is 3. The van der Waals surface area contributed by atoms with Crippen LogP contribution in [0.2, 0.25) is 0 Å². The summed E-state index contributed by atoms with van der Waals surface area (Å²) in [5.74, 6) is 0.599. The van der Waals surface area contributed by atoms with Gasteiger partial charge in [-0.1, -0.05) is 42.2 Å². The first kappa shape index (κ1) is 20.9. The van der Waals surface area contributed by atoms with Crippen LogP contribution in [0.3, 0.4) is 0 Å². The first-order valence-corrected chi connectivity index (χ1v) is 11.2. The summed E-state index contributed by atoms with van der Waals surface area (Å²) in [6.07, 6.45) is 1.64. The van der Waals surface area contributed by atoms with Crippen LogP contribution in [0, 0.1) is 0 Å². The van der Waals surface area contributed by atoms with Crippen molar-refractivity contribution in [2.24, 2.45) is 0 Å². The third kappa shape index (κ3) is 3.46. The first-order valence-electron chi connectivity index (χ1n) is 10.3. The van der Waals surface area contributed by atoms with Crippen LogP contribution < -0.4 is 19.8 Å². The van der Waals surface area contributed by atoms with Crippen molar-refractivity contribution in [1.82, 2.24) is 10.2 Å². The molecule has 0 spiro atoms. The summed E-state index contributed by atoms with van der Waals surface area (Å²) in [7, 11) is 0. The fourth-order valence-electron chi connectivity index (χ4n) is 3.94. The van der Waals surface area contributed by atoms with Crippen molar-refractivity contribution in [3.8, 4) is 11.5 Å². The Kier molecular flexibility index (Phi) is 5.39. The molecule has 0 aliphatic carbocycles. The molecule has 0 fully saturated rings. The minimum absolute atomic E-state index is 0.00356. The molecule has 33 heavy (non-hydrogen) atoms. The van der Waals surface area contributed by atoms with Gasteiger partial charge in [-0.3, -0.25) is 14.5 Å². The van der Waals surface area contributed by atoms with Gasteiger partial charge in [0.25, 0.3) is 5.91 Å². The summed E-state index contributed by atoms with van der Waals surface area (Å²) in [4.78, 5) is 28.4. The van der Waals surface area contributed by atoms with Crippen LogP contribution in [0.1, 0.15) is 34.6 Å². The predicted octanol–water partition coefficient (Wildman–Crippen LogP) is 4.36. The Bertz CT molecular complexity index is 1410. The minimum Gasteiger partial charge on any atom is -0.490 e. The number of carbonyl (C=O) groups is 1. The number of amides is 1. The van der Waals surface area contributed by atoms with Crippen LogP contribution in [0.25, 0.3) is 11.0 Å². The molecule has 1 aliphatic heterocycles. The summed E-state index contributed by atoms with van der Waals surface area (Å²) in [5, 5.41) is 8.73. The highest BCUT2D eigenvalue weighted by molar-refractivity contribution is 7.13. The second-order valence-electron chi connectivity index (χ2n) is 7.21. The maximum atomic E-state index is 13.5. The lowest BCUT2D eigenvalue weighted by molar-refractivity contribution is 0.0970. The first-order chi connectivity index (χ1) is 16.1. The lowest BCUT2D eigenvalue weighted by atomic mass is 9.98. The van der Waals surface area contributed by atoms with Gasteiger partial charge in [0.05, 0.1) is 23.6 Å². The zero-order valence-corrected chi connectivity index (χ0v) is 18.5. The van der Waals surface area contributed by atoms with Gasteiger partial charge in [0.2, 0.25) is 10.9 Å². The number of hydrogen-bond donors (Lipinski definition) is 0. The summed E-state index contributed by atoms with van der Waals surface area (Å²) in [6.45, 7) is 6.27. The zero-order valence-electron chi connectivity index (χ0n) is 17.7. The third-order valence-electron chi connectivity index (χ3n) is 5.27. The minimum atomic E-state index is -0.756. The Morgan fingerprint density at radius 3 is 2.79 bits per heavy atom. The Morgan fingerprint density at radius 2 is 2.03 bits per heavy atom. The second kappa shape index (κ2) is 8.51.